The highest BCUT2D eigenvalue weighted by molar-refractivity contribution is 7.98. The van der Waals surface area contributed by atoms with Crippen LogP contribution in [-0.2, 0) is 0 Å². The topological polar surface area (TPSA) is 29.3 Å². The molecule has 0 amide bonds. The zero-order valence-corrected chi connectivity index (χ0v) is 13.0. The van der Waals surface area contributed by atoms with Gasteiger partial charge in [0.25, 0.3) is 0 Å². The number of hydrogen-bond donors (Lipinski definition) is 1. The zero-order valence-electron chi connectivity index (χ0n) is 11.4. The quantitative estimate of drug-likeness (QED) is 0.833. The average molecular weight is 287 g/mol. The molecule has 1 aromatic rings. The highest BCUT2D eigenvalue weighted by Gasteiger charge is 2.20. The molecular formula is C14H23ClN2S. The third-order valence-electron chi connectivity index (χ3n) is 3.38. The van der Waals surface area contributed by atoms with Gasteiger partial charge in [0.15, 0.2) is 0 Å². The fraction of sp³-hybridized carbons (Fsp3) is 0.571. The fourth-order valence-corrected chi connectivity index (χ4v) is 2.83. The minimum atomic E-state index is 0.237. The summed E-state index contributed by atoms with van der Waals surface area (Å²) in [6.45, 7) is 2.86. The zero-order chi connectivity index (χ0) is 13.5. The monoisotopic (exact) mass is 286 g/mol. The molecule has 2 N–H and O–H groups in total. The summed E-state index contributed by atoms with van der Waals surface area (Å²) in [5.74, 6) is 1.18. The number of thioether (sulfide) groups is 1. The van der Waals surface area contributed by atoms with Crippen molar-refractivity contribution in [1.29, 1.82) is 0 Å². The maximum Gasteiger partial charge on any atom is 0.0470 e. The number of nitrogens with zero attached hydrogens (tertiary/aromatic N) is 1. The van der Waals surface area contributed by atoms with E-state index < -0.39 is 0 Å². The maximum atomic E-state index is 6.05. The summed E-state index contributed by atoms with van der Waals surface area (Å²) in [5, 5.41) is 0.774. The molecule has 0 aliphatic heterocycles. The van der Waals surface area contributed by atoms with Gasteiger partial charge < -0.3 is 5.73 Å². The van der Waals surface area contributed by atoms with E-state index in [-0.39, 0.29) is 6.04 Å². The van der Waals surface area contributed by atoms with E-state index in [1.165, 1.54) is 17.7 Å². The van der Waals surface area contributed by atoms with Crippen molar-refractivity contribution in [1.82, 2.24) is 4.90 Å². The van der Waals surface area contributed by atoms with Gasteiger partial charge in [-0.1, -0.05) is 23.7 Å². The normalized spacial score (nSPS) is 14.8. The average Bonchev–Trinajstić information content (AvgIpc) is 2.36. The Labute approximate surface area is 120 Å². The van der Waals surface area contributed by atoms with Crippen LogP contribution < -0.4 is 5.73 Å². The van der Waals surface area contributed by atoms with Crippen LogP contribution in [0.1, 0.15) is 24.9 Å². The van der Waals surface area contributed by atoms with Crippen LogP contribution in [0.25, 0.3) is 0 Å². The number of nitrogens with two attached hydrogens (primary N) is 1. The van der Waals surface area contributed by atoms with E-state index in [4.69, 9.17) is 17.3 Å². The molecule has 1 aromatic carbocycles. The molecule has 0 aromatic heterocycles. The first-order valence-electron chi connectivity index (χ1n) is 6.26. The van der Waals surface area contributed by atoms with Gasteiger partial charge in [-0.3, -0.25) is 4.90 Å². The van der Waals surface area contributed by atoms with Gasteiger partial charge in [-0.25, -0.2) is 0 Å². The Morgan fingerprint density at radius 1 is 1.44 bits per heavy atom. The van der Waals surface area contributed by atoms with E-state index in [0.29, 0.717) is 12.6 Å². The van der Waals surface area contributed by atoms with E-state index >= 15 is 0 Å². The molecule has 2 unspecified atom stereocenters. The smallest absolute Gasteiger partial charge is 0.0470 e. The fourth-order valence-electron chi connectivity index (χ4n) is 2.05. The number of benzene rings is 1. The van der Waals surface area contributed by atoms with Gasteiger partial charge >= 0.3 is 0 Å². The number of rotatable bonds is 7. The van der Waals surface area contributed by atoms with Gasteiger partial charge in [0.1, 0.15) is 0 Å². The number of hydrogen-bond acceptors (Lipinski definition) is 3. The minimum Gasteiger partial charge on any atom is -0.329 e. The Bertz CT molecular complexity index is 359. The summed E-state index contributed by atoms with van der Waals surface area (Å²) < 4.78 is 0. The first-order valence-corrected chi connectivity index (χ1v) is 8.03. The van der Waals surface area contributed by atoms with E-state index in [9.17, 15) is 0 Å². The standard InChI is InChI=1S/C14H23ClN2S/c1-11(7-8-18-3)17(2)14(10-16)12-5-4-6-13(15)9-12/h4-6,9,11,14H,7-8,10,16H2,1-3H3. The summed E-state index contributed by atoms with van der Waals surface area (Å²) >= 11 is 7.94. The Hall–Kier alpha value is -0.220. The predicted octanol–water partition coefficient (Wildman–Crippen LogP) is 3.41. The van der Waals surface area contributed by atoms with Crippen molar-refractivity contribution in [2.75, 3.05) is 25.6 Å². The van der Waals surface area contributed by atoms with Gasteiger partial charge in [0.05, 0.1) is 0 Å². The van der Waals surface area contributed by atoms with Gasteiger partial charge in [-0.15, -0.1) is 0 Å². The van der Waals surface area contributed by atoms with Gasteiger partial charge in [-0.05, 0) is 50.1 Å². The Balaban J connectivity index is 2.76. The first kappa shape index (κ1) is 15.8. The molecule has 0 saturated heterocycles. The van der Waals surface area contributed by atoms with Crippen LogP contribution in [0, 0.1) is 0 Å². The van der Waals surface area contributed by atoms with Crippen LogP contribution in [0.2, 0.25) is 5.02 Å². The van der Waals surface area contributed by atoms with Gasteiger partial charge in [0.2, 0.25) is 0 Å². The third kappa shape index (κ3) is 4.47. The van der Waals surface area contributed by atoms with Crippen molar-refractivity contribution >= 4 is 23.4 Å². The summed E-state index contributed by atoms with van der Waals surface area (Å²) in [4.78, 5) is 2.35. The molecule has 0 bridgehead atoms. The second-order valence-corrected chi connectivity index (χ2v) is 6.02. The number of likely N-dealkylation sites (N-methyl/N-ethyl adjacent to an activating group) is 1. The van der Waals surface area contributed by atoms with Crippen molar-refractivity contribution in [3.63, 3.8) is 0 Å². The van der Waals surface area contributed by atoms with Crippen LogP contribution in [0.4, 0.5) is 0 Å². The van der Waals surface area contributed by atoms with Crippen molar-refractivity contribution in [3.8, 4) is 0 Å². The highest BCUT2D eigenvalue weighted by atomic mass is 35.5. The second kappa shape index (κ2) is 8.05. The van der Waals surface area contributed by atoms with Crippen LogP contribution >= 0.6 is 23.4 Å². The Morgan fingerprint density at radius 2 is 2.17 bits per heavy atom. The Morgan fingerprint density at radius 3 is 2.72 bits per heavy atom. The number of halogens is 1. The maximum absolute atomic E-state index is 6.05. The first-order chi connectivity index (χ1) is 8.60. The van der Waals surface area contributed by atoms with Crippen LogP contribution in [0.15, 0.2) is 24.3 Å². The van der Waals surface area contributed by atoms with E-state index in [2.05, 4.69) is 31.2 Å². The molecule has 2 nitrogen and oxygen atoms in total. The minimum absolute atomic E-state index is 0.237. The lowest BCUT2D eigenvalue weighted by Gasteiger charge is -2.33. The van der Waals surface area contributed by atoms with Crippen LogP contribution in [-0.4, -0.2) is 36.5 Å². The third-order valence-corrected chi connectivity index (χ3v) is 4.26. The molecule has 0 radical (unpaired) electrons. The molecule has 0 aliphatic carbocycles. The Kier molecular flexibility index (Phi) is 7.08. The lowest BCUT2D eigenvalue weighted by molar-refractivity contribution is 0.185. The molecule has 4 heteroatoms. The molecule has 0 spiro atoms. The van der Waals surface area contributed by atoms with Crippen molar-refractivity contribution < 1.29 is 0 Å². The molecular weight excluding hydrogens is 264 g/mol. The van der Waals surface area contributed by atoms with E-state index in [1.54, 1.807) is 0 Å². The van der Waals surface area contributed by atoms with Crippen molar-refractivity contribution in [3.05, 3.63) is 34.9 Å². The van der Waals surface area contributed by atoms with Gasteiger partial charge in [-0.2, -0.15) is 11.8 Å². The highest BCUT2D eigenvalue weighted by Crippen LogP contribution is 2.24. The van der Waals surface area contributed by atoms with E-state index in [0.717, 1.165) is 5.02 Å². The summed E-state index contributed by atoms with van der Waals surface area (Å²) in [7, 11) is 2.14. The van der Waals surface area contributed by atoms with E-state index in [1.807, 2.05) is 30.0 Å². The molecule has 0 heterocycles. The van der Waals surface area contributed by atoms with Crippen molar-refractivity contribution in [2.24, 2.45) is 5.73 Å². The molecule has 102 valence electrons. The van der Waals surface area contributed by atoms with Gasteiger partial charge in [0, 0.05) is 23.7 Å². The molecule has 1 rings (SSSR count). The SMILES string of the molecule is CSCCC(C)N(C)C(CN)c1cccc(Cl)c1. The lowest BCUT2D eigenvalue weighted by atomic mass is 10.0. The second-order valence-electron chi connectivity index (χ2n) is 4.60. The lowest BCUT2D eigenvalue weighted by Crippen LogP contribution is -2.37. The van der Waals surface area contributed by atoms with Crippen molar-refractivity contribution in [2.45, 2.75) is 25.4 Å². The molecule has 0 fully saturated rings. The summed E-state index contributed by atoms with van der Waals surface area (Å²) in [6, 6.07) is 8.75. The molecule has 18 heavy (non-hydrogen) atoms. The predicted molar refractivity (Wildman–Crippen MR) is 83.5 cm³/mol. The molecule has 0 aliphatic rings. The summed E-state index contributed by atoms with van der Waals surface area (Å²) in [5.41, 5.74) is 7.13. The molecule has 0 saturated carbocycles. The van der Waals surface area contributed by atoms with Crippen LogP contribution in [0.5, 0.6) is 0 Å². The summed E-state index contributed by atoms with van der Waals surface area (Å²) in [6.07, 6.45) is 3.32. The van der Waals surface area contributed by atoms with Crippen LogP contribution in [0.3, 0.4) is 0 Å². The molecule has 2 atom stereocenters. The largest absolute Gasteiger partial charge is 0.329 e.